The van der Waals surface area contributed by atoms with E-state index in [1.807, 2.05) is 36.4 Å². The first kappa shape index (κ1) is 11.7. The number of hydrogen-bond donors (Lipinski definition) is 1. The molecule has 0 unspecified atom stereocenters. The van der Waals surface area contributed by atoms with E-state index in [0.29, 0.717) is 6.04 Å². The lowest BCUT2D eigenvalue weighted by Gasteiger charge is -2.12. The highest BCUT2D eigenvalue weighted by Crippen LogP contribution is 2.27. The Hall–Kier alpha value is -2.36. The Labute approximate surface area is 111 Å². The molecule has 0 aliphatic heterocycles. The highest BCUT2D eigenvalue weighted by Gasteiger charge is 2.15. The highest BCUT2D eigenvalue weighted by atomic mass is 15.1. The average molecular weight is 252 g/mol. The maximum absolute atomic E-state index is 5.74. The van der Waals surface area contributed by atoms with Crippen molar-refractivity contribution in [3.8, 4) is 11.4 Å². The molecule has 4 nitrogen and oxygen atoms in total. The third-order valence-corrected chi connectivity index (χ3v) is 3.13. The fraction of sp³-hybridized carbons (Fsp3) is 0.200. The van der Waals surface area contributed by atoms with Crippen molar-refractivity contribution < 1.29 is 0 Å². The minimum atomic E-state index is 0.299. The fourth-order valence-corrected chi connectivity index (χ4v) is 2.25. The first-order valence-corrected chi connectivity index (χ1v) is 6.35. The summed E-state index contributed by atoms with van der Waals surface area (Å²) in [5, 5.41) is 0. The Morgan fingerprint density at radius 1 is 1.11 bits per heavy atom. The van der Waals surface area contributed by atoms with Crippen molar-refractivity contribution in [2.45, 2.75) is 19.9 Å². The van der Waals surface area contributed by atoms with Crippen LogP contribution in [0.3, 0.4) is 0 Å². The number of nitrogen functional groups attached to an aromatic ring is 1. The molecule has 3 rings (SSSR count). The van der Waals surface area contributed by atoms with Gasteiger partial charge in [0.25, 0.3) is 0 Å². The van der Waals surface area contributed by atoms with Crippen LogP contribution in [0, 0.1) is 0 Å². The van der Waals surface area contributed by atoms with Gasteiger partial charge in [0.15, 0.2) is 5.65 Å². The van der Waals surface area contributed by atoms with Crippen molar-refractivity contribution in [2.75, 3.05) is 5.73 Å². The van der Waals surface area contributed by atoms with Crippen LogP contribution in [0.4, 0.5) is 5.69 Å². The summed E-state index contributed by atoms with van der Waals surface area (Å²) in [5.41, 5.74) is 9.39. The summed E-state index contributed by atoms with van der Waals surface area (Å²) in [6, 6.07) is 12.0. The first-order valence-electron chi connectivity index (χ1n) is 6.35. The normalized spacial score (nSPS) is 11.3. The van der Waals surface area contributed by atoms with Gasteiger partial charge >= 0.3 is 0 Å². The molecule has 2 N–H and O–H groups in total. The zero-order chi connectivity index (χ0) is 13.4. The number of fused-ring (bicyclic) bond motifs is 1. The van der Waals surface area contributed by atoms with E-state index in [4.69, 9.17) is 10.7 Å². The molecule has 0 saturated carbocycles. The molecule has 4 heteroatoms. The van der Waals surface area contributed by atoms with E-state index in [1.54, 1.807) is 6.20 Å². The standard InChI is InChI=1S/C15H16N4/c1-10(2)19-14(11-5-7-12(16)8-6-11)18-13-4-3-9-17-15(13)19/h3-10H,16H2,1-2H3. The van der Waals surface area contributed by atoms with Crippen LogP contribution in [0.15, 0.2) is 42.6 Å². The molecule has 0 radical (unpaired) electrons. The molecule has 2 heterocycles. The van der Waals surface area contributed by atoms with Crippen LogP contribution >= 0.6 is 0 Å². The van der Waals surface area contributed by atoms with E-state index in [9.17, 15) is 0 Å². The number of benzene rings is 1. The molecular weight excluding hydrogens is 236 g/mol. The zero-order valence-corrected chi connectivity index (χ0v) is 11.0. The SMILES string of the molecule is CC(C)n1c(-c2ccc(N)cc2)nc2cccnc21. The third kappa shape index (κ3) is 1.95. The second-order valence-corrected chi connectivity index (χ2v) is 4.87. The van der Waals surface area contributed by atoms with Crippen molar-refractivity contribution in [3.63, 3.8) is 0 Å². The summed E-state index contributed by atoms with van der Waals surface area (Å²) in [6.45, 7) is 4.27. The summed E-state index contributed by atoms with van der Waals surface area (Å²) in [5.74, 6) is 0.934. The van der Waals surface area contributed by atoms with Crippen LogP contribution in [0.2, 0.25) is 0 Å². The van der Waals surface area contributed by atoms with Crippen LogP contribution in [0.5, 0.6) is 0 Å². The van der Waals surface area contributed by atoms with Crippen molar-refractivity contribution >= 4 is 16.9 Å². The van der Waals surface area contributed by atoms with Gasteiger partial charge in [-0.25, -0.2) is 9.97 Å². The maximum atomic E-state index is 5.74. The van der Waals surface area contributed by atoms with Gasteiger partial charge in [0.2, 0.25) is 0 Å². The quantitative estimate of drug-likeness (QED) is 0.712. The smallest absolute Gasteiger partial charge is 0.160 e. The molecule has 0 aliphatic carbocycles. The van der Waals surface area contributed by atoms with Crippen LogP contribution in [0.1, 0.15) is 19.9 Å². The first-order chi connectivity index (χ1) is 9.16. The summed E-state index contributed by atoms with van der Waals surface area (Å²) in [7, 11) is 0. The molecule has 0 aliphatic rings. The van der Waals surface area contributed by atoms with Crippen LogP contribution in [-0.2, 0) is 0 Å². The second-order valence-electron chi connectivity index (χ2n) is 4.87. The Kier molecular flexibility index (Phi) is 2.71. The summed E-state index contributed by atoms with van der Waals surface area (Å²) in [4.78, 5) is 9.14. The molecule has 1 aromatic carbocycles. The predicted molar refractivity (Wildman–Crippen MR) is 77.8 cm³/mol. The molecule has 2 aromatic heterocycles. The molecule has 0 fully saturated rings. The predicted octanol–water partition coefficient (Wildman–Crippen LogP) is 3.26. The van der Waals surface area contributed by atoms with Crippen LogP contribution in [0.25, 0.3) is 22.6 Å². The van der Waals surface area contributed by atoms with Gasteiger partial charge in [0.1, 0.15) is 11.3 Å². The molecule has 19 heavy (non-hydrogen) atoms. The average Bonchev–Trinajstić information content (AvgIpc) is 2.78. The van der Waals surface area contributed by atoms with E-state index >= 15 is 0 Å². The van der Waals surface area contributed by atoms with Gasteiger partial charge in [-0.3, -0.25) is 0 Å². The number of anilines is 1. The number of pyridine rings is 1. The van der Waals surface area contributed by atoms with Crippen molar-refractivity contribution in [3.05, 3.63) is 42.6 Å². The van der Waals surface area contributed by atoms with Crippen molar-refractivity contribution in [1.29, 1.82) is 0 Å². The van der Waals surface area contributed by atoms with Gasteiger partial charge in [-0.1, -0.05) is 0 Å². The van der Waals surface area contributed by atoms with Crippen LogP contribution < -0.4 is 5.73 Å². The molecule has 0 amide bonds. The van der Waals surface area contributed by atoms with E-state index < -0.39 is 0 Å². The van der Waals surface area contributed by atoms with Crippen LogP contribution in [-0.4, -0.2) is 14.5 Å². The second kappa shape index (κ2) is 4.39. The maximum Gasteiger partial charge on any atom is 0.160 e. The van der Waals surface area contributed by atoms with Crippen molar-refractivity contribution in [1.82, 2.24) is 14.5 Å². The van der Waals surface area contributed by atoms with E-state index in [1.165, 1.54) is 0 Å². The van der Waals surface area contributed by atoms with Gasteiger partial charge in [-0.05, 0) is 50.2 Å². The van der Waals surface area contributed by atoms with Gasteiger partial charge in [0.05, 0.1) is 0 Å². The number of aromatic nitrogens is 3. The molecule has 3 aromatic rings. The van der Waals surface area contributed by atoms with Crippen molar-refractivity contribution in [2.24, 2.45) is 0 Å². The van der Waals surface area contributed by atoms with Gasteiger partial charge < -0.3 is 10.3 Å². The number of rotatable bonds is 2. The molecule has 96 valence electrons. The minimum absolute atomic E-state index is 0.299. The topological polar surface area (TPSA) is 56.7 Å². The Bertz CT molecular complexity index is 711. The number of nitrogens with zero attached hydrogens (tertiary/aromatic N) is 3. The fourth-order valence-electron chi connectivity index (χ4n) is 2.25. The minimum Gasteiger partial charge on any atom is -0.399 e. The van der Waals surface area contributed by atoms with E-state index in [0.717, 1.165) is 28.2 Å². The largest absolute Gasteiger partial charge is 0.399 e. The van der Waals surface area contributed by atoms with E-state index in [-0.39, 0.29) is 0 Å². The zero-order valence-electron chi connectivity index (χ0n) is 11.0. The lowest BCUT2D eigenvalue weighted by atomic mass is 10.2. The molecule has 0 atom stereocenters. The Morgan fingerprint density at radius 3 is 2.53 bits per heavy atom. The number of hydrogen-bond acceptors (Lipinski definition) is 3. The summed E-state index contributed by atoms with van der Waals surface area (Å²) >= 11 is 0. The van der Waals surface area contributed by atoms with Gasteiger partial charge in [0, 0.05) is 23.5 Å². The van der Waals surface area contributed by atoms with Gasteiger partial charge in [-0.2, -0.15) is 0 Å². The third-order valence-electron chi connectivity index (χ3n) is 3.13. The lowest BCUT2D eigenvalue weighted by molar-refractivity contribution is 0.620. The Morgan fingerprint density at radius 2 is 1.84 bits per heavy atom. The highest BCUT2D eigenvalue weighted by molar-refractivity contribution is 5.77. The van der Waals surface area contributed by atoms with Gasteiger partial charge in [-0.15, -0.1) is 0 Å². The summed E-state index contributed by atoms with van der Waals surface area (Å²) in [6.07, 6.45) is 1.80. The molecule has 0 saturated heterocycles. The Balaban J connectivity index is 2.28. The molecular formula is C15H16N4. The summed E-state index contributed by atoms with van der Waals surface area (Å²) < 4.78 is 2.15. The molecule has 0 spiro atoms. The van der Waals surface area contributed by atoms with E-state index in [2.05, 4.69) is 23.4 Å². The monoisotopic (exact) mass is 252 g/mol. The molecule has 0 bridgehead atoms. The number of imidazole rings is 1. The lowest BCUT2D eigenvalue weighted by Crippen LogP contribution is -2.04. The number of nitrogens with two attached hydrogens (primary N) is 1.